The second-order valence-corrected chi connectivity index (χ2v) is 6.57. The molecule has 3 rings (SSSR count). The van der Waals surface area contributed by atoms with Gasteiger partial charge in [0.25, 0.3) is 0 Å². The maximum absolute atomic E-state index is 13.6. The Morgan fingerprint density at radius 1 is 1.07 bits per heavy atom. The van der Waals surface area contributed by atoms with Crippen molar-refractivity contribution in [3.8, 4) is 11.5 Å². The van der Waals surface area contributed by atoms with Crippen LogP contribution in [0, 0.1) is 11.4 Å². The second-order valence-electron chi connectivity index (χ2n) is 6.16. The number of aryl methyl sites for hydroxylation is 1. The molecular formula is C16H10F8N4S. The summed E-state index contributed by atoms with van der Waals surface area (Å²) in [5.74, 6) is -5.17. The van der Waals surface area contributed by atoms with Gasteiger partial charge in [0.2, 0.25) is 0 Å². The highest BCUT2D eigenvalue weighted by Gasteiger charge is 2.59. The third-order valence-electron chi connectivity index (χ3n) is 4.28. The number of pyridine rings is 2. The van der Waals surface area contributed by atoms with Gasteiger partial charge in [-0.05, 0) is 18.6 Å². The number of nitrogens with one attached hydrogen (secondary N) is 1. The number of fused-ring (bicyclic) bond motifs is 1. The number of halogens is 8. The lowest BCUT2D eigenvalue weighted by molar-refractivity contribution is -0.289. The van der Waals surface area contributed by atoms with E-state index in [0.717, 1.165) is 0 Å². The van der Waals surface area contributed by atoms with E-state index in [0.29, 0.717) is 18.5 Å². The lowest BCUT2D eigenvalue weighted by Crippen LogP contribution is -2.33. The first-order valence-corrected chi connectivity index (χ1v) is 8.14. The minimum atomic E-state index is -5.82. The normalized spacial score (nSPS) is 13.3. The van der Waals surface area contributed by atoms with Crippen molar-refractivity contribution in [2.24, 2.45) is 7.05 Å². The topological polar surface area (TPSA) is 46.5 Å². The number of aromatic nitrogens is 4. The number of rotatable bonds is 2. The van der Waals surface area contributed by atoms with Gasteiger partial charge in [-0.25, -0.2) is 9.97 Å². The number of hydrogen-bond acceptors (Lipinski definition) is 3. The largest absolute Gasteiger partial charge is 0.458 e. The molecule has 0 bridgehead atoms. The molecule has 0 fully saturated rings. The molecule has 0 aliphatic carbocycles. The molecule has 0 saturated heterocycles. The molecule has 0 unspecified atom stereocenters. The van der Waals surface area contributed by atoms with Crippen LogP contribution in [0.1, 0.15) is 16.7 Å². The van der Waals surface area contributed by atoms with Gasteiger partial charge in [-0.2, -0.15) is 35.1 Å². The summed E-state index contributed by atoms with van der Waals surface area (Å²) in [5.41, 5.74) is -2.75. The lowest BCUT2D eigenvalue weighted by Gasteiger charge is -2.19. The van der Waals surface area contributed by atoms with E-state index in [1.54, 1.807) is 0 Å². The molecule has 3 heterocycles. The van der Waals surface area contributed by atoms with Crippen LogP contribution in [0.5, 0.6) is 0 Å². The van der Waals surface area contributed by atoms with Gasteiger partial charge in [-0.15, -0.1) is 0 Å². The lowest BCUT2D eigenvalue weighted by atomic mass is 10.1. The molecule has 0 radical (unpaired) electrons. The fourth-order valence-corrected chi connectivity index (χ4v) is 2.99. The second kappa shape index (κ2) is 6.47. The zero-order valence-corrected chi connectivity index (χ0v) is 15.3. The summed E-state index contributed by atoms with van der Waals surface area (Å²) < 4.78 is 105. The number of H-pyrrole nitrogens is 1. The maximum atomic E-state index is 13.6. The molecule has 13 heteroatoms. The Hall–Kier alpha value is -2.57. The summed E-state index contributed by atoms with van der Waals surface area (Å²) in [7, 11) is 1.38. The van der Waals surface area contributed by atoms with Crippen LogP contribution in [0.2, 0.25) is 0 Å². The first-order chi connectivity index (χ1) is 13.2. The molecule has 0 aliphatic heterocycles. The monoisotopic (exact) mass is 442 g/mol. The van der Waals surface area contributed by atoms with Gasteiger partial charge in [-0.3, -0.25) is 0 Å². The Kier molecular flexibility index (Phi) is 4.72. The van der Waals surface area contributed by atoms with E-state index in [9.17, 15) is 35.1 Å². The molecule has 0 saturated carbocycles. The van der Waals surface area contributed by atoms with Crippen LogP contribution >= 0.6 is 12.2 Å². The van der Waals surface area contributed by atoms with Crippen molar-refractivity contribution in [3.05, 3.63) is 39.7 Å². The number of aromatic amines is 1. The minimum Gasteiger partial charge on any atom is -0.358 e. The molecular weight excluding hydrogens is 432 g/mol. The van der Waals surface area contributed by atoms with Gasteiger partial charge < -0.3 is 9.55 Å². The predicted octanol–water partition coefficient (Wildman–Crippen LogP) is 5.67. The molecule has 156 valence electrons. The summed E-state index contributed by atoms with van der Waals surface area (Å²) >= 11 is 4.85. The zero-order chi connectivity index (χ0) is 21.9. The molecule has 0 aliphatic rings. The van der Waals surface area contributed by atoms with Crippen molar-refractivity contribution < 1.29 is 35.1 Å². The number of alkyl halides is 8. The van der Waals surface area contributed by atoms with Crippen LogP contribution in [0.4, 0.5) is 35.1 Å². The Balaban J connectivity index is 2.19. The van der Waals surface area contributed by atoms with E-state index in [-0.39, 0.29) is 28.2 Å². The smallest absolute Gasteiger partial charge is 0.358 e. The number of hydrogen-bond donors (Lipinski definition) is 1. The first kappa shape index (κ1) is 21.1. The van der Waals surface area contributed by atoms with Gasteiger partial charge >= 0.3 is 18.3 Å². The van der Waals surface area contributed by atoms with Gasteiger partial charge in [0.15, 0.2) is 11.5 Å². The highest BCUT2D eigenvalue weighted by molar-refractivity contribution is 7.71. The summed E-state index contributed by atoms with van der Waals surface area (Å²) in [4.78, 5) is 10.0. The first-order valence-electron chi connectivity index (χ1n) is 7.73. The van der Waals surface area contributed by atoms with Crippen LogP contribution < -0.4 is 0 Å². The van der Waals surface area contributed by atoms with E-state index in [1.807, 2.05) is 0 Å². The molecule has 29 heavy (non-hydrogen) atoms. The average Bonchev–Trinajstić information content (AvgIpc) is 2.91. The fraction of sp³-hybridized carbons (Fsp3) is 0.312. The molecule has 0 amide bonds. The van der Waals surface area contributed by atoms with Gasteiger partial charge in [0, 0.05) is 19.4 Å². The Morgan fingerprint density at radius 3 is 2.24 bits per heavy atom. The molecule has 4 nitrogen and oxygen atoms in total. The SMILES string of the molecule is Cc1c(-c2nc3cc(C(F)(F)C(F)(F)F)cnc3n2C)[nH]cc(C(F)(F)F)c1=S. The van der Waals surface area contributed by atoms with Gasteiger partial charge in [0.05, 0.1) is 21.3 Å². The van der Waals surface area contributed by atoms with E-state index >= 15 is 0 Å². The summed E-state index contributed by atoms with van der Waals surface area (Å²) in [6.07, 6.45) is -9.50. The molecule has 1 N–H and O–H groups in total. The van der Waals surface area contributed by atoms with E-state index in [1.165, 1.54) is 18.5 Å². The van der Waals surface area contributed by atoms with Crippen molar-refractivity contribution in [2.75, 3.05) is 0 Å². The number of nitrogens with zero attached hydrogens (tertiary/aromatic N) is 3. The van der Waals surface area contributed by atoms with Crippen LogP contribution in [-0.2, 0) is 19.1 Å². The third-order valence-corrected chi connectivity index (χ3v) is 4.80. The standard InChI is InChI=1S/C16H10F8N4S/c1-6-10(25-5-8(11(6)29)15(19,20)21)13-27-9-3-7(4-26-12(9)28(13)2)14(17,18)16(22,23)24/h3-5H,1-2H3,(H,25,29). The summed E-state index contributed by atoms with van der Waals surface area (Å²) in [6, 6.07) is 0.535. The highest BCUT2D eigenvalue weighted by Crippen LogP contribution is 2.44. The van der Waals surface area contributed by atoms with Crippen molar-refractivity contribution in [1.82, 2.24) is 19.5 Å². The van der Waals surface area contributed by atoms with E-state index in [4.69, 9.17) is 12.2 Å². The van der Waals surface area contributed by atoms with Gasteiger partial charge in [0.1, 0.15) is 5.52 Å². The summed E-state index contributed by atoms with van der Waals surface area (Å²) in [6.45, 7) is 1.30. The highest BCUT2D eigenvalue weighted by atomic mass is 32.1. The molecule has 0 atom stereocenters. The van der Waals surface area contributed by atoms with E-state index < -0.39 is 33.9 Å². The van der Waals surface area contributed by atoms with Crippen molar-refractivity contribution >= 4 is 23.4 Å². The van der Waals surface area contributed by atoms with Gasteiger partial charge in [-0.1, -0.05) is 12.2 Å². The van der Waals surface area contributed by atoms with Crippen LogP contribution in [-0.4, -0.2) is 25.7 Å². The van der Waals surface area contributed by atoms with Crippen LogP contribution in [0.3, 0.4) is 0 Å². The quantitative estimate of drug-likeness (QED) is 0.411. The van der Waals surface area contributed by atoms with E-state index in [2.05, 4.69) is 15.0 Å². The zero-order valence-electron chi connectivity index (χ0n) is 14.5. The maximum Gasteiger partial charge on any atom is 0.458 e. The van der Waals surface area contributed by atoms with Crippen molar-refractivity contribution in [2.45, 2.75) is 25.2 Å². The Morgan fingerprint density at radius 2 is 1.69 bits per heavy atom. The molecule has 3 aromatic rings. The summed E-state index contributed by atoms with van der Waals surface area (Å²) in [5, 5.41) is 0. The number of imidazole rings is 1. The third kappa shape index (κ3) is 3.36. The predicted molar refractivity (Wildman–Crippen MR) is 88.8 cm³/mol. The van der Waals surface area contributed by atoms with Crippen LogP contribution in [0.15, 0.2) is 18.5 Å². The molecule has 0 spiro atoms. The molecule has 0 aromatic carbocycles. The average molecular weight is 442 g/mol. The molecule has 3 aromatic heterocycles. The Labute approximate surface area is 162 Å². The van der Waals surface area contributed by atoms with Crippen molar-refractivity contribution in [3.63, 3.8) is 0 Å². The fourth-order valence-electron chi connectivity index (χ4n) is 2.71. The minimum absolute atomic E-state index is 0.00840. The Bertz CT molecular complexity index is 1160. The van der Waals surface area contributed by atoms with Crippen LogP contribution in [0.25, 0.3) is 22.7 Å². The van der Waals surface area contributed by atoms with Crippen molar-refractivity contribution in [1.29, 1.82) is 0 Å².